The molecule has 0 saturated heterocycles. The fourth-order valence-corrected chi connectivity index (χ4v) is 2.50. The van der Waals surface area contributed by atoms with Crippen molar-refractivity contribution in [3.8, 4) is 0 Å². The van der Waals surface area contributed by atoms with Crippen LogP contribution in [0.3, 0.4) is 0 Å². The van der Waals surface area contributed by atoms with Gasteiger partial charge in [0.15, 0.2) is 0 Å². The van der Waals surface area contributed by atoms with Gasteiger partial charge in [-0.05, 0) is 40.0 Å². The highest BCUT2D eigenvalue weighted by molar-refractivity contribution is 9.10. The SMILES string of the molecule is Clc1cccc(CCNc2nc(Br)ns2)c1. The summed E-state index contributed by atoms with van der Waals surface area (Å²) in [5.41, 5.74) is 1.21. The number of nitrogens with one attached hydrogen (secondary N) is 1. The van der Waals surface area contributed by atoms with Gasteiger partial charge in [0.2, 0.25) is 9.87 Å². The van der Waals surface area contributed by atoms with Gasteiger partial charge >= 0.3 is 0 Å². The average molecular weight is 319 g/mol. The number of nitrogens with zero attached hydrogens (tertiary/aromatic N) is 2. The van der Waals surface area contributed by atoms with Crippen LogP contribution in [0.15, 0.2) is 29.0 Å². The Hall–Kier alpha value is -0.650. The monoisotopic (exact) mass is 317 g/mol. The summed E-state index contributed by atoms with van der Waals surface area (Å²) in [5, 5.41) is 4.81. The zero-order valence-corrected chi connectivity index (χ0v) is 11.4. The Bertz CT molecular complexity index is 475. The van der Waals surface area contributed by atoms with Gasteiger partial charge < -0.3 is 5.32 Å². The molecule has 0 aliphatic rings. The van der Waals surface area contributed by atoms with Crippen molar-refractivity contribution in [1.82, 2.24) is 9.36 Å². The molecule has 0 fully saturated rings. The number of anilines is 1. The van der Waals surface area contributed by atoms with E-state index in [1.54, 1.807) is 0 Å². The maximum atomic E-state index is 5.90. The third kappa shape index (κ3) is 3.43. The molecule has 0 spiro atoms. The van der Waals surface area contributed by atoms with Gasteiger partial charge in [0.1, 0.15) is 0 Å². The fourth-order valence-electron chi connectivity index (χ4n) is 1.28. The molecule has 0 amide bonds. The summed E-state index contributed by atoms with van der Waals surface area (Å²) in [6.07, 6.45) is 0.914. The molecule has 1 aromatic carbocycles. The maximum Gasteiger partial charge on any atom is 0.210 e. The summed E-state index contributed by atoms with van der Waals surface area (Å²) in [6.45, 7) is 0.821. The van der Waals surface area contributed by atoms with Gasteiger partial charge in [0, 0.05) is 23.1 Å². The largest absolute Gasteiger partial charge is 0.360 e. The second kappa shape index (κ2) is 5.61. The Morgan fingerprint density at radius 2 is 2.31 bits per heavy atom. The van der Waals surface area contributed by atoms with Gasteiger partial charge in [0.05, 0.1) is 0 Å². The summed E-state index contributed by atoms with van der Waals surface area (Å²) in [4.78, 5) is 4.15. The van der Waals surface area contributed by atoms with E-state index in [0.717, 1.165) is 23.1 Å². The van der Waals surface area contributed by atoms with Crippen LogP contribution in [0.5, 0.6) is 0 Å². The number of benzene rings is 1. The molecule has 1 heterocycles. The van der Waals surface area contributed by atoms with Crippen LogP contribution >= 0.6 is 39.1 Å². The molecule has 0 aliphatic heterocycles. The van der Waals surface area contributed by atoms with Crippen LogP contribution in [0.1, 0.15) is 5.56 Å². The van der Waals surface area contributed by atoms with E-state index < -0.39 is 0 Å². The predicted molar refractivity (Wildman–Crippen MR) is 71.3 cm³/mol. The van der Waals surface area contributed by atoms with E-state index in [1.165, 1.54) is 17.1 Å². The zero-order chi connectivity index (χ0) is 11.4. The standard InChI is InChI=1S/C10H9BrClN3S/c11-9-14-10(16-15-9)13-5-4-7-2-1-3-8(12)6-7/h1-3,6H,4-5H2,(H,13,14,15). The normalized spacial score (nSPS) is 10.4. The lowest BCUT2D eigenvalue weighted by Crippen LogP contribution is -2.04. The molecule has 0 unspecified atom stereocenters. The van der Waals surface area contributed by atoms with Crippen molar-refractivity contribution in [2.45, 2.75) is 6.42 Å². The maximum absolute atomic E-state index is 5.90. The molecule has 84 valence electrons. The molecule has 6 heteroatoms. The zero-order valence-electron chi connectivity index (χ0n) is 8.28. The van der Waals surface area contributed by atoms with Crippen LogP contribution in [0.4, 0.5) is 5.13 Å². The van der Waals surface area contributed by atoms with E-state index in [4.69, 9.17) is 11.6 Å². The van der Waals surface area contributed by atoms with E-state index in [1.807, 2.05) is 18.2 Å². The number of hydrogen-bond donors (Lipinski definition) is 1. The lowest BCUT2D eigenvalue weighted by atomic mass is 10.1. The van der Waals surface area contributed by atoms with Gasteiger partial charge in [-0.1, -0.05) is 23.7 Å². The molecule has 1 N–H and O–H groups in total. The second-order valence-corrected chi connectivity index (χ2v) is 5.07. The molecule has 0 saturated carbocycles. The van der Waals surface area contributed by atoms with Crippen molar-refractivity contribution >= 4 is 44.2 Å². The summed E-state index contributed by atoms with van der Waals surface area (Å²) >= 11 is 10.4. The molecule has 1 aromatic heterocycles. The molecular formula is C10H9BrClN3S. The van der Waals surface area contributed by atoms with Crippen LogP contribution in [0.25, 0.3) is 0 Å². The van der Waals surface area contributed by atoms with Crippen molar-refractivity contribution in [3.05, 3.63) is 39.6 Å². The van der Waals surface area contributed by atoms with E-state index in [0.29, 0.717) is 4.73 Å². The average Bonchev–Trinajstić information content (AvgIpc) is 2.64. The highest BCUT2D eigenvalue weighted by Crippen LogP contribution is 2.15. The Kier molecular flexibility index (Phi) is 4.15. The summed E-state index contributed by atoms with van der Waals surface area (Å²) < 4.78 is 4.65. The van der Waals surface area contributed by atoms with Gasteiger partial charge in [0.25, 0.3) is 0 Å². The van der Waals surface area contributed by atoms with Crippen molar-refractivity contribution in [2.75, 3.05) is 11.9 Å². The van der Waals surface area contributed by atoms with Crippen LogP contribution in [0, 0.1) is 0 Å². The smallest absolute Gasteiger partial charge is 0.210 e. The molecule has 0 aliphatic carbocycles. The number of aromatic nitrogens is 2. The topological polar surface area (TPSA) is 37.8 Å². The quantitative estimate of drug-likeness (QED) is 0.936. The number of halogens is 2. The van der Waals surface area contributed by atoms with Crippen LogP contribution in [-0.4, -0.2) is 15.9 Å². The lowest BCUT2D eigenvalue weighted by Gasteiger charge is -2.02. The van der Waals surface area contributed by atoms with E-state index in [-0.39, 0.29) is 0 Å². The van der Waals surface area contributed by atoms with Crippen molar-refractivity contribution in [3.63, 3.8) is 0 Å². The molecule has 16 heavy (non-hydrogen) atoms. The summed E-state index contributed by atoms with van der Waals surface area (Å²) in [5.74, 6) is 0. The minimum atomic E-state index is 0.628. The summed E-state index contributed by atoms with van der Waals surface area (Å²) in [7, 11) is 0. The van der Waals surface area contributed by atoms with E-state index >= 15 is 0 Å². The predicted octanol–water partition coefficient (Wildman–Crippen LogP) is 3.61. The highest BCUT2D eigenvalue weighted by Gasteiger charge is 2.00. The number of hydrogen-bond acceptors (Lipinski definition) is 4. The van der Waals surface area contributed by atoms with Crippen LogP contribution < -0.4 is 5.32 Å². The second-order valence-electron chi connectivity index (χ2n) is 3.18. The third-order valence-electron chi connectivity index (χ3n) is 1.98. The third-order valence-corrected chi connectivity index (χ3v) is 3.48. The van der Waals surface area contributed by atoms with E-state index in [2.05, 4.69) is 36.7 Å². The molecule has 0 atom stereocenters. The van der Waals surface area contributed by atoms with Gasteiger partial charge in [-0.25, -0.2) is 0 Å². The molecule has 0 bridgehead atoms. The lowest BCUT2D eigenvalue weighted by molar-refractivity contribution is 1.01. The summed E-state index contributed by atoms with van der Waals surface area (Å²) in [6, 6.07) is 7.86. The van der Waals surface area contributed by atoms with Crippen molar-refractivity contribution in [1.29, 1.82) is 0 Å². The van der Waals surface area contributed by atoms with E-state index in [9.17, 15) is 0 Å². The minimum Gasteiger partial charge on any atom is -0.360 e. The molecule has 2 aromatic rings. The Morgan fingerprint density at radius 3 is 3.00 bits per heavy atom. The first kappa shape index (κ1) is 11.8. The molecule has 3 nitrogen and oxygen atoms in total. The fraction of sp³-hybridized carbons (Fsp3) is 0.200. The van der Waals surface area contributed by atoms with Gasteiger partial charge in [-0.2, -0.15) is 9.36 Å². The van der Waals surface area contributed by atoms with Crippen LogP contribution in [0.2, 0.25) is 5.02 Å². The first-order valence-electron chi connectivity index (χ1n) is 4.71. The van der Waals surface area contributed by atoms with Crippen molar-refractivity contribution < 1.29 is 0 Å². The van der Waals surface area contributed by atoms with Crippen molar-refractivity contribution in [2.24, 2.45) is 0 Å². The van der Waals surface area contributed by atoms with Gasteiger partial charge in [-0.3, -0.25) is 0 Å². The molecule has 2 rings (SSSR count). The first-order valence-corrected chi connectivity index (χ1v) is 6.66. The molecule has 0 radical (unpaired) electrons. The minimum absolute atomic E-state index is 0.628. The Balaban J connectivity index is 1.84. The Labute approximate surface area is 111 Å². The molecular weight excluding hydrogens is 310 g/mol. The van der Waals surface area contributed by atoms with Gasteiger partial charge in [-0.15, -0.1) is 0 Å². The first-order chi connectivity index (χ1) is 7.74. The highest BCUT2D eigenvalue weighted by atomic mass is 79.9. The number of rotatable bonds is 4. The van der Waals surface area contributed by atoms with Crippen LogP contribution in [-0.2, 0) is 6.42 Å². The Morgan fingerprint density at radius 1 is 1.44 bits per heavy atom.